The van der Waals surface area contributed by atoms with Gasteiger partial charge in [-0.25, -0.2) is 0 Å². The summed E-state index contributed by atoms with van der Waals surface area (Å²) in [7, 11) is 0. The van der Waals surface area contributed by atoms with Crippen molar-refractivity contribution in [1.82, 2.24) is 0 Å². The van der Waals surface area contributed by atoms with E-state index in [1.807, 2.05) is 0 Å². The monoisotopic (exact) mass is 359 g/mol. The first-order valence-corrected chi connectivity index (χ1v) is 5.72. The lowest BCUT2D eigenvalue weighted by Gasteiger charge is -2.18. The first-order chi connectivity index (χ1) is 7.90. The minimum absolute atomic E-state index is 0.246. The van der Waals surface area contributed by atoms with Crippen LogP contribution in [0.25, 0.3) is 0 Å². The maximum absolute atomic E-state index is 12.4. The maximum atomic E-state index is 12.4. The van der Waals surface area contributed by atoms with Crippen molar-refractivity contribution >= 4 is 34.7 Å². The third kappa shape index (κ3) is 3.56. The molecule has 0 heterocycles. The van der Waals surface area contributed by atoms with Gasteiger partial charge in [-0.3, -0.25) is 9.63 Å². The van der Waals surface area contributed by atoms with Crippen molar-refractivity contribution in [2.24, 2.45) is 0 Å². The number of anilines is 1. The molecule has 0 saturated carbocycles. The Morgan fingerprint density at radius 2 is 2.12 bits per heavy atom. The number of alkyl halides is 3. The highest BCUT2D eigenvalue weighted by atomic mass is 127. The number of hydrogen-bond acceptors (Lipinski definition) is 2. The molecule has 0 radical (unpaired) electrons. The smallest absolute Gasteiger partial charge is 0.276 e. The second kappa shape index (κ2) is 5.67. The number of nitrogens with zero attached hydrogens (tertiary/aromatic N) is 1. The van der Waals surface area contributed by atoms with E-state index < -0.39 is 11.7 Å². The van der Waals surface area contributed by atoms with E-state index >= 15 is 0 Å². The number of hydrogen-bond donors (Lipinski definition) is 0. The van der Waals surface area contributed by atoms with Crippen LogP contribution in [-0.2, 0) is 15.8 Å². The Morgan fingerprint density at radius 1 is 1.47 bits per heavy atom. The van der Waals surface area contributed by atoms with Crippen molar-refractivity contribution < 1.29 is 22.8 Å². The molecule has 7 heteroatoms. The summed E-state index contributed by atoms with van der Waals surface area (Å²) in [5.74, 6) is 0. The summed E-state index contributed by atoms with van der Waals surface area (Å²) in [5.41, 5.74) is -0.469. The highest BCUT2D eigenvalue weighted by molar-refractivity contribution is 14.1. The van der Waals surface area contributed by atoms with E-state index in [1.54, 1.807) is 29.5 Å². The van der Waals surface area contributed by atoms with Gasteiger partial charge in [-0.15, -0.1) is 0 Å². The van der Waals surface area contributed by atoms with Crippen molar-refractivity contribution in [2.75, 3.05) is 11.7 Å². The zero-order valence-corrected chi connectivity index (χ0v) is 10.9. The largest absolute Gasteiger partial charge is 0.416 e. The van der Waals surface area contributed by atoms with Gasteiger partial charge in [-0.05, 0) is 47.7 Å². The molecule has 1 aromatic rings. The number of carbonyl (C=O) groups excluding carboxylic acids is 1. The standard InChI is InChI=1S/C10H9F3INO2/c1-2-17-15(6-16)9-4-3-7(5-8(9)14)10(11,12)13/h3-6H,2H2,1H3. The first kappa shape index (κ1) is 14.2. The topological polar surface area (TPSA) is 29.5 Å². The van der Waals surface area contributed by atoms with E-state index in [2.05, 4.69) is 0 Å². The van der Waals surface area contributed by atoms with Crippen molar-refractivity contribution in [3.05, 3.63) is 27.3 Å². The molecule has 0 aromatic heterocycles. The van der Waals surface area contributed by atoms with Gasteiger partial charge in [0.2, 0.25) is 6.41 Å². The summed E-state index contributed by atoms with van der Waals surface area (Å²) in [6.45, 7) is 1.92. The van der Waals surface area contributed by atoms with Gasteiger partial charge in [-0.2, -0.15) is 18.2 Å². The van der Waals surface area contributed by atoms with Crippen LogP contribution >= 0.6 is 22.6 Å². The quantitative estimate of drug-likeness (QED) is 0.470. The molecule has 3 nitrogen and oxygen atoms in total. The van der Waals surface area contributed by atoms with Crippen molar-refractivity contribution in [3.63, 3.8) is 0 Å². The average Bonchev–Trinajstić information content (AvgIpc) is 2.25. The third-order valence-corrected chi connectivity index (χ3v) is 2.74. The van der Waals surface area contributed by atoms with E-state index in [4.69, 9.17) is 4.84 Å². The minimum atomic E-state index is -4.39. The van der Waals surface area contributed by atoms with Gasteiger partial charge >= 0.3 is 6.18 Å². The third-order valence-electron chi connectivity index (χ3n) is 1.88. The van der Waals surface area contributed by atoms with Gasteiger partial charge in [0.15, 0.2) is 0 Å². The summed E-state index contributed by atoms with van der Waals surface area (Å²) < 4.78 is 37.5. The Morgan fingerprint density at radius 3 is 2.53 bits per heavy atom. The summed E-state index contributed by atoms with van der Waals surface area (Å²) in [6.07, 6.45) is -3.98. The fourth-order valence-electron chi connectivity index (χ4n) is 1.16. The van der Waals surface area contributed by atoms with E-state index in [0.29, 0.717) is 6.41 Å². The molecule has 0 saturated heterocycles. The molecule has 94 valence electrons. The number of hydroxylamine groups is 1. The lowest BCUT2D eigenvalue weighted by atomic mass is 10.2. The van der Waals surface area contributed by atoms with Crippen molar-refractivity contribution in [2.45, 2.75) is 13.1 Å². The van der Waals surface area contributed by atoms with Crippen molar-refractivity contribution in [3.8, 4) is 0 Å². The fraction of sp³-hybridized carbons (Fsp3) is 0.300. The van der Waals surface area contributed by atoms with Crippen LogP contribution < -0.4 is 5.06 Å². The number of halogens is 4. The number of amides is 1. The fourth-order valence-corrected chi connectivity index (χ4v) is 1.91. The zero-order chi connectivity index (χ0) is 13.1. The van der Waals surface area contributed by atoms with Gasteiger partial charge in [0.1, 0.15) is 0 Å². The molecular formula is C10H9F3INO2. The molecule has 0 spiro atoms. The Balaban J connectivity index is 3.08. The molecule has 0 aliphatic heterocycles. The van der Waals surface area contributed by atoms with Crippen molar-refractivity contribution in [1.29, 1.82) is 0 Å². The number of rotatable bonds is 4. The van der Waals surface area contributed by atoms with Crippen LogP contribution in [0, 0.1) is 3.57 Å². The molecule has 0 atom stereocenters. The van der Waals surface area contributed by atoms with Gasteiger partial charge < -0.3 is 0 Å². The lowest BCUT2D eigenvalue weighted by molar-refractivity contribution is -0.137. The van der Waals surface area contributed by atoms with E-state index in [0.717, 1.165) is 17.2 Å². The zero-order valence-electron chi connectivity index (χ0n) is 8.79. The summed E-state index contributed by atoms with van der Waals surface area (Å²) in [4.78, 5) is 15.7. The Kier molecular flexibility index (Phi) is 4.75. The van der Waals surface area contributed by atoms with Crippen LogP contribution in [0.15, 0.2) is 18.2 Å². The van der Waals surface area contributed by atoms with E-state index in [-0.39, 0.29) is 15.9 Å². The predicted octanol–water partition coefficient (Wildman–Crippen LogP) is 3.22. The molecule has 1 aromatic carbocycles. The second-order valence-electron chi connectivity index (χ2n) is 3.01. The van der Waals surface area contributed by atoms with Gasteiger partial charge in [0, 0.05) is 3.57 Å². The van der Waals surface area contributed by atoms with Gasteiger partial charge in [-0.1, -0.05) is 0 Å². The van der Waals surface area contributed by atoms with Gasteiger partial charge in [0.05, 0.1) is 17.9 Å². The number of benzene rings is 1. The van der Waals surface area contributed by atoms with Crippen LogP contribution in [-0.4, -0.2) is 13.0 Å². The van der Waals surface area contributed by atoms with E-state index in [1.165, 1.54) is 6.07 Å². The van der Waals surface area contributed by atoms with Crippen LogP contribution in [0.1, 0.15) is 12.5 Å². The van der Waals surface area contributed by atoms with Crippen LogP contribution in [0.4, 0.5) is 18.9 Å². The van der Waals surface area contributed by atoms with Crippen LogP contribution in [0.5, 0.6) is 0 Å². The number of carbonyl (C=O) groups is 1. The van der Waals surface area contributed by atoms with Gasteiger partial charge in [0.25, 0.3) is 0 Å². The first-order valence-electron chi connectivity index (χ1n) is 4.64. The maximum Gasteiger partial charge on any atom is 0.416 e. The molecule has 0 unspecified atom stereocenters. The normalized spacial score (nSPS) is 11.4. The highest BCUT2D eigenvalue weighted by Crippen LogP contribution is 2.33. The lowest BCUT2D eigenvalue weighted by Crippen LogP contribution is -2.22. The Hall–Kier alpha value is -0.830. The highest BCUT2D eigenvalue weighted by Gasteiger charge is 2.31. The Labute approximate surface area is 110 Å². The average molecular weight is 359 g/mol. The predicted molar refractivity (Wildman–Crippen MR) is 64.3 cm³/mol. The van der Waals surface area contributed by atoms with Crippen LogP contribution in [0.3, 0.4) is 0 Å². The molecule has 0 N–H and O–H groups in total. The molecule has 0 aliphatic carbocycles. The second-order valence-corrected chi connectivity index (χ2v) is 4.18. The summed E-state index contributed by atoms with van der Waals surface area (Å²) in [5, 5.41) is 0.905. The minimum Gasteiger partial charge on any atom is -0.276 e. The molecule has 0 fully saturated rings. The van der Waals surface area contributed by atoms with Crippen LogP contribution in [0.2, 0.25) is 0 Å². The molecular weight excluding hydrogens is 350 g/mol. The molecule has 17 heavy (non-hydrogen) atoms. The molecule has 0 bridgehead atoms. The molecule has 1 amide bonds. The molecule has 1 rings (SSSR count). The summed E-state index contributed by atoms with van der Waals surface area (Å²) >= 11 is 1.72. The summed E-state index contributed by atoms with van der Waals surface area (Å²) in [6, 6.07) is 3.08. The van der Waals surface area contributed by atoms with E-state index in [9.17, 15) is 18.0 Å². The Bertz CT molecular complexity index is 409. The molecule has 0 aliphatic rings. The SMILES string of the molecule is CCON(C=O)c1ccc(C(F)(F)F)cc1I.